The Morgan fingerprint density at radius 2 is 1.65 bits per heavy atom. The van der Waals surface area contributed by atoms with Crippen molar-refractivity contribution < 1.29 is 9.47 Å². The Bertz CT molecular complexity index is 543. The molecule has 2 nitrogen and oxygen atoms in total. The van der Waals surface area contributed by atoms with Crippen LogP contribution in [0.1, 0.15) is 11.1 Å². The number of hydrogen-bond acceptors (Lipinski definition) is 3. The fourth-order valence-corrected chi connectivity index (χ4v) is 2.74. The maximum absolute atomic E-state index is 6.19. The maximum atomic E-state index is 6.19. The first-order valence-corrected chi connectivity index (χ1v) is 7.48. The van der Waals surface area contributed by atoms with E-state index in [9.17, 15) is 0 Å². The molecular formula is C17H18O2S. The molecule has 0 unspecified atom stereocenters. The van der Waals surface area contributed by atoms with Crippen LogP contribution in [0, 0.1) is 0 Å². The van der Waals surface area contributed by atoms with E-state index in [0.29, 0.717) is 18.8 Å². The van der Waals surface area contributed by atoms with Gasteiger partial charge in [0, 0.05) is 17.7 Å². The van der Waals surface area contributed by atoms with Crippen LogP contribution in [0.15, 0.2) is 60.7 Å². The number of ether oxygens (including phenoxy) is 2. The minimum atomic E-state index is -0.685. The summed E-state index contributed by atoms with van der Waals surface area (Å²) in [6.07, 6.45) is 0.754. The number of rotatable bonds is 4. The molecule has 0 amide bonds. The van der Waals surface area contributed by atoms with Gasteiger partial charge in [-0.05, 0) is 5.56 Å². The highest BCUT2D eigenvalue weighted by Gasteiger charge is 2.42. The minimum Gasteiger partial charge on any atom is -0.343 e. The molecule has 104 valence electrons. The van der Waals surface area contributed by atoms with Crippen LogP contribution in [0.25, 0.3) is 0 Å². The quantitative estimate of drug-likeness (QED) is 0.868. The summed E-state index contributed by atoms with van der Waals surface area (Å²) in [4.78, 5) is 0. The van der Waals surface area contributed by atoms with E-state index in [2.05, 4.69) is 36.9 Å². The van der Waals surface area contributed by atoms with Gasteiger partial charge in [-0.25, -0.2) is 0 Å². The fraction of sp³-hybridized carbons (Fsp3) is 0.294. The van der Waals surface area contributed by atoms with Crippen molar-refractivity contribution in [3.05, 3.63) is 71.8 Å². The second kappa shape index (κ2) is 6.00. The van der Waals surface area contributed by atoms with Gasteiger partial charge < -0.3 is 9.47 Å². The van der Waals surface area contributed by atoms with Crippen molar-refractivity contribution in [1.82, 2.24) is 0 Å². The smallest absolute Gasteiger partial charge is 0.199 e. The van der Waals surface area contributed by atoms with E-state index in [-0.39, 0.29) is 6.10 Å². The Morgan fingerprint density at radius 1 is 1.00 bits per heavy atom. The number of benzene rings is 2. The average Bonchev–Trinajstić information content (AvgIpc) is 2.94. The minimum absolute atomic E-state index is 0.0438. The largest absolute Gasteiger partial charge is 0.343 e. The molecule has 0 radical (unpaired) electrons. The summed E-state index contributed by atoms with van der Waals surface area (Å²) in [7, 11) is 0. The van der Waals surface area contributed by atoms with Gasteiger partial charge in [0.2, 0.25) is 0 Å². The second-order valence-electron chi connectivity index (χ2n) is 5.01. The molecule has 0 spiro atoms. The molecule has 1 aliphatic heterocycles. The Morgan fingerprint density at radius 3 is 2.25 bits per heavy atom. The van der Waals surface area contributed by atoms with Gasteiger partial charge >= 0.3 is 0 Å². The van der Waals surface area contributed by atoms with Crippen LogP contribution in [-0.4, -0.2) is 18.5 Å². The summed E-state index contributed by atoms with van der Waals surface area (Å²) in [5.74, 6) is -0.0145. The zero-order valence-corrected chi connectivity index (χ0v) is 12.1. The molecule has 0 aromatic heterocycles. The number of thiol groups is 1. The van der Waals surface area contributed by atoms with Gasteiger partial charge in [0.1, 0.15) is 0 Å². The molecule has 1 aliphatic rings. The van der Waals surface area contributed by atoms with Crippen molar-refractivity contribution in [3.8, 4) is 0 Å². The molecule has 0 saturated carbocycles. The van der Waals surface area contributed by atoms with E-state index in [1.165, 1.54) is 5.56 Å². The Balaban J connectivity index is 1.93. The zero-order valence-electron chi connectivity index (χ0n) is 11.2. The molecule has 1 fully saturated rings. The summed E-state index contributed by atoms with van der Waals surface area (Å²) in [6.45, 7) is 0.589. The molecule has 20 heavy (non-hydrogen) atoms. The molecular weight excluding hydrogens is 268 g/mol. The highest BCUT2D eigenvalue weighted by Crippen LogP contribution is 2.37. The molecule has 3 heteroatoms. The normalized spacial score (nSPS) is 25.8. The lowest BCUT2D eigenvalue weighted by Gasteiger charge is -2.28. The first kappa shape index (κ1) is 13.7. The first-order chi connectivity index (χ1) is 9.82. The predicted molar refractivity (Wildman–Crippen MR) is 82.9 cm³/mol. The van der Waals surface area contributed by atoms with Crippen molar-refractivity contribution >= 4 is 12.6 Å². The van der Waals surface area contributed by atoms with Crippen molar-refractivity contribution in [2.75, 3.05) is 12.4 Å². The van der Waals surface area contributed by atoms with E-state index in [0.717, 1.165) is 5.56 Å². The van der Waals surface area contributed by atoms with Crippen LogP contribution in [-0.2, 0) is 21.7 Å². The van der Waals surface area contributed by atoms with E-state index in [1.807, 2.05) is 36.4 Å². The summed E-state index contributed by atoms with van der Waals surface area (Å²) in [6, 6.07) is 20.5. The standard InChI is InChI=1S/C17H18O2S/c20-13-16-12-18-17(19-16,15-9-5-2-6-10-15)11-14-7-3-1-4-8-14/h1-10,16,20H,11-13H2/t16-,17-/m0/s1. The lowest BCUT2D eigenvalue weighted by atomic mass is 9.97. The maximum Gasteiger partial charge on any atom is 0.199 e. The lowest BCUT2D eigenvalue weighted by Crippen LogP contribution is -2.31. The van der Waals surface area contributed by atoms with Gasteiger partial charge in [0.05, 0.1) is 12.7 Å². The van der Waals surface area contributed by atoms with Gasteiger partial charge in [-0.3, -0.25) is 0 Å². The van der Waals surface area contributed by atoms with Crippen LogP contribution in [0.3, 0.4) is 0 Å². The summed E-state index contributed by atoms with van der Waals surface area (Å²) < 4.78 is 12.3. The van der Waals surface area contributed by atoms with E-state index in [4.69, 9.17) is 9.47 Å². The molecule has 2 atom stereocenters. The third-order valence-electron chi connectivity index (χ3n) is 3.56. The lowest BCUT2D eigenvalue weighted by molar-refractivity contribution is -0.173. The van der Waals surface area contributed by atoms with Crippen molar-refractivity contribution in [3.63, 3.8) is 0 Å². The number of hydrogen-bond donors (Lipinski definition) is 1. The summed E-state index contributed by atoms with van der Waals surface area (Å²) >= 11 is 4.33. The SMILES string of the molecule is SC[C@@H]1CO[C@](Cc2ccccc2)(c2ccccc2)O1. The van der Waals surface area contributed by atoms with Gasteiger partial charge in [0.15, 0.2) is 5.79 Å². The van der Waals surface area contributed by atoms with Crippen LogP contribution < -0.4 is 0 Å². The topological polar surface area (TPSA) is 18.5 Å². The average molecular weight is 286 g/mol. The van der Waals surface area contributed by atoms with Crippen LogP contribution >= 0.6 is 12.6 Å². The van der Waals surface area contributed by atoms with Gasteiger partial charge in [-0.2, -0.15) is 12.6 Å². The highest BCUT2D eigenvalue weighted by molar-refractivity contribution is 7.80. The van der Waals surface area contributed by atoms with Crippen LogP contribution in [0.2, 0.25) is 0 Å². The van der Waals surface area contributed by atoms with Crippen molar-refractivity contribution in [2.24, 2.45) is 0 Å². The third kappa shape index (κ3) is 2.75. The first-order valence-electron chi connectivity index (χ1n) is 6.84. The fourth-order valence-electron chi connectivity index (χ4n) is 2.56. The van der Waals surface area contributed by atoms with Crippen molar-refractivity contribution in [1.29, 1.82) is 0 Å². The molecule has 0 N–H and O–H groups in total. The monoisotopic (exact) mass is 286 g/mol. The van der Waals surface area contributed by atoms with Crippen molar-refractivity contribution in [2.45, 2.75) is 18.3 Å². The molecule has 2 aromatic carbocycles. The molecule has 1 heterocycles. The molecule has 3 rings (SSSR count). The molecule has 2 aromatic rings. The predicted octanol–water partition coefficient (Wildman–Crippen LogP) is 3.43. The van der Waals surface area contributed by atoms with Gasteiger partial charge in [-0.15, -0.1) is 0 Å². The van der Waals surface area contributed by atoms with E-state index >= 15 is 0 Å². The molecule has 0 bridgehead atoms. The Labute approximate surface area is 125 Å². The summed E-state index contributed by atoms with van der Waals surface area (Å²) in [5.41, 5.74) is 2.27. The van der Waals surface area contributed by atoms with E-state index < -0.39 is 5.79 Å². The zero-order chi connectivity index (χ0) is 13.8. The van der Waals surface area contributed by atoms with Crippen LogP contribution in [0.4, 0.5) is 0 Å². The second-order valence-corrected chi connectivity index (χ2v) is 5.38. The highest BCUT2D eigenvalue weighted by atomic mass is 32.1. The Kier molecular flexibility index (Phi) is 4.10. The van der Waals surface area contributed by atoms with E-state index in [1.54, 1.807) is 0 Å². The summed E-state index contributed by atoms with van der Waals surface area (Å²) in [5, 5.41) is 0. The Hall–Kier alpha value is -1.29. The molecule has 1 saturated heterocycles. The van der Waals surface area contributed by atoms with Gasteiger partial charge in [-0.1, -0.05) is 60.7 Å². The van der Waals surface area contributed by atoms with Crippen LogP contribution in [0.5, 0.6) is 0 Å². The van der Waals surface area contributed by atoms with Gasteiger partial charge in [0.25, 0.3) is 0 Å². The third-order valence-corrected chi connectivity index (χ3v) is 3.96. The molecule has 0 aliphatic carbocycles.